The molecule has 2 aromatic rings. The van der Waals surface area contributed by atoms with E-state index < -0.39 is 5.97 Å². The number of hydrogen-bond donors (Lipinski definition) is 1. The summed E-state index contributed by atoms with van der Waals surface area (Å²) in [6, 6.07) is 3.35. The Hall–Kier alpha value is -1.91. The number of hydrogen-bond acceptors (Lipinski definition) is 4. The Labute approximate surface area is 72.9 Å². The molecule has 0 radical (unpaired) electrons. The van der Waals surface area contributed by atoms with Gasteiger partial charge >= 0.3 is 5.97 Å². The molecule has 0 aliphatic heterocycles. The Kier molecular flexibility index (Phi) is 1.51. The van der Waals surface area contributed by atoms with E-state index in [4.69, 9.17) is 5.11 Å². The minimum atomic E-state index is -1.01. The van der Waals surface area contributed by atoms with Gasteiger partial charge in [-0.05, 0) is 28.9 Å². The topological polar surface area (TPSA) is 76.2 Å². The molecular weight excluding hydrogens is 172 g/mol. The van der Waals surface area contributed by atoms with Gasteiger partial charge in [0.25, 0.3) is 0 Å². The highest BCUT2D eigenvalue weighted by atomic mass is 16.6. The summed E-state index contributed by atoms with van der Waals surface area (Å²) < 4.78 is 4.45. The van der Waals surface area contributed by atoms with Crippen molar-refractivity contribution < 1.29 is 14.5 Å². The fraction of sp³-hybridized carbons (Fsp3) is 0.125. The highest BCUT2D eigenvalue weighted by molar-refractivity contribution is 6.01. The first-order valence-electron chi connectivity index (χ1n) is 3.65. The third kappa shape index (κ3) is 1.05. The van der Waals surface area contributed by atoms with Crippen LogP contribution in [0.4, 0.5) is 0 Å². The Morgan fingerprint density at radius 3 is 2.92 bits per heavy atom. The lowest BCUT2D eigenvalue weighted by molar-refractivity contribution is 0.0698. The van der Waals surface area contributed by atoms with E-state index >= 15 is 0 Å². The summed E-state index contributed by atoms with van der Waals surface area (Å²) in [7, 11) is 0. The van der Waals surface area contributed by atoms with Crippen LogP contribution in [0, 0.1) is 6.92 Å². The number of benzene rings is 1. The molecule has 0 saturated carbocycles. The van der Waals surface area contributed by atoms with E-state index in [-0.39, 0.29) is 5.56 Å². The van der Waals surface area contributed by atoms with E-state index in [1.807, 2.05) is 0 Å². The van der Waals surface area contributed by atoms with E-state index in [9.17, 15) is 4.79 Å². The average Bonchev–Trinajstić information content (AvgIpc) is 2.50. The standard InChI is InChI=1S/C8H6N2O3/c1-4-2-3-5-7(10-13-9-5)6(4)8(11)12/h2-3H,1H3,(H,11,12). The summed E-state index contributed by atoms with van der Waals surface area (Å²) in [5.74, 6) is -1.01. The van der Waals surface area contributed by atoms with Crippen molar-refractivity contribution in [3.05, 3.63) is 23.3 Å². The van der Waals surface area contributed by atoms with Crippen LogP contribution >= 0.6 is 0 Å². The van der Waals surface area contributed by atoms with Gasteiger partial charge < -0.3 is 5.11 Å². The van der Waals surface area contributed by atoms with Gasteiger partial charge in [0, 0.05) is 0 Å². The Morgan fingerprint density at radius 1 is 1.46 bits per heavy atom. The van der Waals surface area contributed by atoms with Gasteiger partial charge in [-0.15, -0.1) is 0 Å². The smallest absolute Gasteiger partial charge is 0.338 e. The highest BCUT2D eigenvalue weighted by Crippen LogP contribution is 2.18. The molecule has 0 spiro atoms. The number of carboxylic acids is 1. The van der Waals surface area contributed by atoms with Gasteiger partial charge in [0.1, 0.15) is 11.0 Å². The van der Waals surface area contributed by atoms with Crippen LogP contribution in [-0.4, -0.2) is 21.4 Å². The minimum absolute atomic E-state index is 0.152. The molecule has 0 fully saturated rings. The van der Waals surface area contributed by atoms with E-state index in [2.05, 4.69) is 14.9 Å². The second-order valence-electron chi connectivity index (χ2n) is 2.69. The summed E-state index contributed by atoms with van der Waals surface area (Å²) in [5.41, 5.74) is 1.56. The lowest BCUT2D eigenvalue weighted by atomic mass is 10.1. The summed E-state index contributed by atoms with van der Waals surface area (Å²) in [4.78, 5) is 10.8. The number of aromatic nitrogens is 2. The van der Waals surface area contributed by atoms with Crippen molar-refractivity contribution in [3.63, 3.8) is 0 Å². The largest absolute Gasteiger partial charge is 0.478 e. The molecular formula is C8H6N2O3. The molecule has 2 rings (SSSR count). The zero-order valence-electron chi connectivity index (χ0n) is 6.81. The van der Waals surface area contributed by atoms with Crippen LogP contribution in [0.2, 0.25) is 0 Å². The molecule has 0 unspecified atom stereocenters. The van der Waals surface area contributed by atoms with Crippen molar-refractivity contribution in [2.24, 2.45) is 0 Å². The molecule has 0 aliphatic carbocycles. The number of carbonyl (C=O) groups is 1. The van der Waals surface area contributed by atoms with Crippen LogP contribution in [0.5, 0.6) is 0 Å². The third-order valence-corrected chi connectivity index (χ3v) is 1.85. The SMILES string of the molecule is Cc1ccc2nonc2c1C(=O)O. The van der Waals surface area contributed by atoms with E-state index in [0.717, 1.165) is 0 Å². The molecule has 0 amide bonds. The van der Waals surface area contributed by atoms with Crippen LogP contribution in [-0.2, 0) is 0 Å². The Balaban J connectivity index is 2.88. The number of nitrogens with zero attached hydrogens (tertiary/aromatic N) is 2. The van der Waals surface area contributed by atoms with E-state index in [0.29, 0.717) is 16.6 Å². The summed E-state index contributed by atoms with van der Waals surface area (Å²) in [5, 5.41) is 16.0. The summed E-state index contributed by atoms with van der Waals surface area (Å²) in [6.45, 7) is 1.71. The number of rotatable bonds is 1. The van der Waals surface area contributed by atoms with Gasteiger partial charge in [-0.25, -0.2) is 9.42 Å². The zero-order valence-corrected chi connectivity index (χ0v) is 6.81. The van der Waals surface area contributed by atoms with Crippen LogP contribution in [0.3, 0.4) is 0 Å². The molecule has 5 nitrogen and oxygen atoms in total. The second-order valence-corrected chi connectivity index (χ2v) is 2.69. The average molecular weight is 178 g/mol. The molecule has 0 bridgehead atoms. The molecule has 66 valence electrons. The number of aromatic carboxylic acids is 1. The van der Waals surface area contributed by atoms with Crippen molar-refractivity contribution in [3.8, 4) is 0 Å². The molecule has 5 heteroatoms. The molecule has 1 heterocycles. The lowest BCUT2D eigenvalue weighted by Crippen LogP contribution is -2.00. The van der Waals surface area contributed by atoms with Gasteiger partial charge in [0.2, 0.25) is 0 Å². The van der Waals surface area contributed by atoms with Crippen molar-refractivity contribution in [2.75, 3.05) is 0 Å². The Morgan fingerprint density at radius 2 is 2.23 bits per heavy atom. The summed E-state index contributed by atoms with van der Waals surface area (Å²) in [6.07, 6.45) is 0. The number of carboxylic acid groups (broad SMARTS) is 1. The fourth-order valence-electron chi connectivity index (χ4n) is 1.22. The monoisotopic (exact) mass is 178 g/mol. The fourth-order valence-corrected chi connectivity index (χ4v) is 1.22. The predicted molar refractivity (Wildman–Crippen MR) is 43.5 cm³/mol. The maximum Gasteiger partial charge on any atom is 0.338 e. The van der Waals surface area contributed by atoms with E-state index in [1.165, 1.54) is 0 Å². The van der Waals surface area contributed by atoms with E-state index in [1.54, 1.807) is 19.1 Å². The molecule has 13 heavy (non-hydrogen) atoms. The van der Waals surface area contributed by atoms with Gasteiger partial charge in [0.05, 0.1) is 5.56 Å². The number of fused-ring (bicyclic) bond motifs is 1. The maximum atomic E-state index is 10.8. The molecule has 1 aromatic carbocycles. The van der Waals surface area contributed by atoms with Crippen LogP contribution < -0.4 is 0 Å². The first-order chi connectivity index (χ1) is 6.20. The van der Waals surface area contributed by atoms with Crippen molar-refractivity contribution >= 4 is 17.0 Å². The van der Waals surface area contributed by atoms with Crippen LogP contribution in [0.15, 0.2) is 16.8 Å². The molecule has 1 N–H and O–H groups in total. The lowest BCUT2D eigenvalue weighted by Gasteiger charge is -1.97. The van der Waals surface area contributed by atoms with Gasteiger partial charge in [0.15, 0.2) is 0 Å². The highest BCUT2D eigenvalue weighted by Gasteiger charge is 2.15. The maximum absolute atomic E-state index is 10.8. The normalized spacial score (nSPS) is 10.5. The second kappa shape index (κ2) is 2.55. The first-order valence-corrected chi connectivity index (χ1v) is 3.65. The molecule has 0 saturated heterocycles. The zero-order chi connectivity index (χ0) is 9.42. The van der Waals surface area contributed by atoms with Crippen molar-refractivity contribution in [1.29, 1.82) is 0 Å². The first kappa shape index (κ1) is 7.72. The van der Waals surface area contributed by atoms with Crippen LogP contribution in [0.1, 0.15) is 15.9 Å². The number of aryl methyl sites for hydroxylation is 1. The van der Waals surface area contributed by atoms with Gasteiger partial charge in [-0.1, -0.05) is 6.07 Å². The molecule has 1 aromatic heterocycles. The van der Waals surface area contributed by atoms with Gasteiger partial charge in [-0.3, -0.25) is 0 Å². The van der Waals surface area contributed by atoms with Gasteiger partial charge in [-0.2, -0.15) is 0 Å². The predicted octanol–water partition coefficient (Wildman–Crippen LogP) is 1.23. The minimum Gasteiger partial charge on any atom is -0.478 e. The van der Waals surface area contributed by atoms with Crippen LogP contribution in [0.25, 0.3) is 11.0 Å². The summed E-state index contributed by atoms with van der Waals surface area (Å²) >= 11 is 0. The quantitative estimate of drug-likeness (QED) is 0.710. The molecule has 0 atom stereocenters. The molecule has 0 aliphatic rings. The van der Waals surface area contributed by atoms with Crippen molar-refractivity contribution in [1.82, 2.24) is 10.3 Å². The van der Waals surface area contributed by atoms with Crippen molar-refractivity contribution in [2.45, 2.75) is 6.92 Å². The Bertz CT molecular complexity index is 475. The third-order valence-electron chi connectivity index (χ3n) is 1.85.